The van der Waals surface area contributed by atoms with Crippen molar-refractivity contribution >= 4 is 17.9 Å². The van der Waals surface area contributed by atoms with Crippen LogP contribution in [0.3, 0.4) is 0 Å². The van der Waals surface area contributed by atoms with Crippen LogP contribution in [0.15, 0.2) is 97.2 Å². The Hall–Kier alpha value is -3.67. The monoisotopic (exact) mass is 973 g/mol. The van der Waals surface area contributed by atoms with Crippen molar-refractivity contribution in [3.05, 3.63) is 97.2 Å². The van der Waals surface area contributed by atoms with Crippen LogP contribution >= 0.6 is 0 Å². The Morgan fingerprint density at radius 3 is 0.886 bits per heavy atom. The summed E-state index contributed by atoms with van der Waals surface area (Å²) in [6.45, 7) is 6.33. The second kappa shape index (κ2) is 57.9. The molecule has 0 rings (SSSR count). The fourth-order valence-corrected chi connectivity index (χ4v) is 8.01. The summed E-state index contributed by atoms with van der Waals surface area (Å²) >= 11 is 0. The maximum absolute atomic E-state index is 12.7. The topological polar surface area (TPSA) is 78.9 Å². The van der Waals surface area contributed by atoms with E-state index in [0.717, 1.165) is 116 Å². The van der Waals surface area contributed by atoms with Gasteiger partial charge in [-0.2, -0.15) is 0 Å². The maximum Gasteiger partial charge on any atom is 0.306 e. The first-order chi connectivity index (χ1) is 34.5. The van der Waals surface area contributed by atoms with E-state index in [-0.39, 0.29) is 31.1 Å². The molecule has 0 aromatic carbocycles. The van der Waals surface area contributed by atoms with Crippen LogP contribution in [0.5, 0.6) is 0 Å². The molecule has 0 aromatic heterocycles. The Labute approximate surface area is 432 Å². The molecule has 0 aliphatic rings. The molecular weight excluding hydrogens is 865 g/mol. The molecule has 0 aliphatic heterocycles. The third kappa shape index (κ3) is 55.3. The minimum Gasteiger partial charge on any atom is -0.462 e. The fourth-order valence-electron chi connectivity index (χ4n) is 8.01. The molecule has 0 radical (unpaired) electrons. The number of ether oxygens (including phenoxy) is 3. The van der Waals surface area contributed by atoms with Gasteiger partial charge in [0.1, 0.15) is 13.2 Å². The molecule has 6 heteroatoms. The Morgan fingerprint density at radius 2 is 0.557 bits per heavy atom. The zero-order chi connectivity index (χ0) is 50.7. The number of esters is 3. The van der Waals surface area contributed by atoms with E-state index < -0.39 is 6.10 Å². The van der Waals surface area contributed by atoms with Gasteiger partial charge in [-0.1, -0.05) is 253 Å². The molecule has 400 valence electrons. The minimum atomic E-state index is -0.787. The molecular formula is C64H108O6. The van der Waals surface area contributed by atoms with E-state index in [9.17, 15) is 14.4 Å². The lowest BCUT2D eigenvalue weighted by Crippen LogP contribution is -2.30. The predicted octanol–water partition coefficient (Wildman–Crippen LogP) is 19.7. The van der Waals surface area contributed by atoms with Gasteiger partial charge in [0.25, 0.3) is 0 Å². The fraction of sp³-hybridized carbons (Fsp3) is 0.703. The molecule has 0 saturated carbocycles. The molecule has 6 nitrogen and oxygen atoms in total. The third-order valence-corrected chi connectivity index (χ3v) is 12.3. The molecule has 0 saturated heterocycles. The molecule has 0 bridgehead atoms. The number of hydrogen-bond donors (Lipinski definition) is 0. The van der Waals surface area contributed by atoms with Crippen molar-refractivity contribution in [2.45, 2.75) is 277 Å². The summed E-state index contributed by atoms with van der Waals surface area (Å²) in [6.07, 6.45) is 77.4. The van der Waals surface area contributed by atoms with Gasteiger partial charge >= 0.3 is 17.9 Å². The largest absolute Gasteiger partial charge is 0.462 e. The van der Waals surface area contributed by atoms with Gasteiger partial charge < -0.3 is 14.2 Å². The smallest absolute Gasteiger partial charge is 0.306 e. The maximum atomic E-state index is 12.7. The van der Waals surface area contributed by atoms with Crippen molar-refractivity contribution in [3.8, 4) is 0 Å². The van der Waals surface area contributed by atoms with Crippen molar-refractivity contribution in [2.75, 3.05) is 13.2 Å². The van der Waals surface area contributed by atoms with Gasteiger partial charge in [-0.3, -0.25) is 14.4 Å². The van der Waals surface area contributed by atoms with E-state index in [1.807, 2.05) is 0 Å². The van der Waals surface area contributed by atoms with E-state index in [0.29, 0.717) is 19.3 Å². The van der Waals surface area contributed by atoms with Gasteiger partial charge in [-0.25, -0.2) is 0 Å². The molecule has 1 atom stereocenters. The second-order valence-corrected chi connectivity index (χ2v) is 19.1. The SMILES string of the molecule is CC/C=C\C/C=C\C/C=C\C/C=C\C/C=C\CCCCCCCCCCCCCCCCCCCC(=O)OCC(COC(=O)CCCCCCCC)OC(=O)CCCCC/C=C\C/C=C\C/C=C\CC. The van der Waals surface area contributed by atoms with Gasteiger partial charge in [0.05, 0.1) is 0 Å². The first-order valence-corrected chi connectivity index (χ1v) is 29.2. The molecule has 0 fully saturated rings. The van der Waals surface area contributed by atoms with Crippen LogP contribution in [0.4, 0.5) is 0 Å². The van der Waals surface area contributed by atoms with E-state index in [2.05, 4.69) is 118 Å². The molecule has 1 unspecified atom stereocenters. The highest BCUT2D eigenvalue weighted by molar-refractivity contribution is 5.71. The van der Waals surface area contributed by atoms with Crippen LogP contribution in [0.2, 0.25) is 0 Å². The average Bonchev–Trinajstić information content (AvgIpc) is 3.36. The molecule has 0 heterocycles. The van der Waals surface area contributed by atoms with Crippen molar-refractivity contribution in [3.63, 3.8) is 0 Å². The average molecular weight is 974 g/mol. The molecule has 70 heavy (non-hydrogen) atoms. The lowest BCUT2D eigenvalue weighted by Gasteiger charge is -2.18. The quantitative estimate of drug-likeness (QED) is 0.0262. The second-order valence-electron chi connectivity index (χ2n) is 19.1. The first kappa shape index (κ1) is 66.3. The predicted molar refractivity (Wildman–Crippen MR) is 302 cm³/mol. The summed E-state index contributed by atoms with van der Waals surface area (Å²) in [5.74, 6) is -0.924. The van der Waals surface area contributed by atoms with E-state index in [4.69, 9.17) is 14.2 Å². The first-order valence-electron chi connectivity index (χ1n) is 29.2. The Kier molecular flexibility index (Phi) is 54.9. The number of unbranched alkanes of at least 4 members (excludes halogenated alkanes) is 25. The molecule has 0 amide bonds. The highest BCUT2D eigenvalue weighted by atomic mass is 16.6. The number of carbonyl (C=O) groups excluding carboxylic acids is 3. The highest BCUT2D eigenvalue weighted by Crippen LogP contribution is 2.16. The summed E-state index contributed by atoms with van der Waals surface area (Å²) in [5.41, 5.74) is 0. The highest BCUT2D eigenvalue weighted by Gasteiger charge is 2.19. The summed E-state index contributed by atoms with van der Waals surface area (Å²) in [5, 5.41) is 0. The normalized spacial score (nSPS) is 12.8. The van der Waals surface area contributed by atoms with Crippen molar-refractivity contribution in [1.29, 1.82) is 0 Å². The summed E-state index contributed by atoms with van der Waals surface area (Å²) in [7, 11) is 0. The van der Waals surface area contributed by atoms with Crippen molar-refractivity contribution in [2.24, 2.45) is 0 Å². The molecule has 0 spiro atoms. The van der Waals surface area contributed by atoms with Crippen LogP contribution in [0.25, 0.3) is 0 Å². The van der Waals surface area contributed by atoms with Crippen LogP contribution in [-0.2, 0) is 28.6 Å². The van der Waals surface area contributed by atoms with Crippen molar-refractivity contribution < 1.29 is 28.6 Å². The van der Waals surface area contributed by atoms with Gasteiger partial charge in [0.15, 0.2) is 6.10 Å². The number of hydrogen-bond acceptors (Lipinski definition) is 6. The number of carbonyl (C=O) groups is 3. The third-order valence-electron chi connectivity index (χ3n) is 12.3. The minimum absolute atomic E-state index is 0.0868. The van der Waals surface area contributed by atoms with Gasteiger partial charge in [0.2, 0.25) is 0 Å². The van der Waals surface area contributed by atoms with Crippen LogP contribution in [0.1, 0.15) is 271 Å². The molecule has 0 aliphatic carbocycles. The Balaban J connectivity index is 3.98. The van der Waals surface area contributed by atoms with Gasteiger partial charge in [0, 0.05) is 19.3 Å². The molecule has 0 aromatic rings. The zero-order valence-electron chi connectivity index (χ0n) is 45.8. The standard InChI is InChI=1S/C64H108O6/c1-4-7-10-13-16-18-20-22-23-24-25-26-27-28-29-30-31-32-33-34-35-36-37-38-39-40-41-43-44-46-48-51-54-57-63(66)69-60-61(59-68-62(65)56-53-50-15-12-9-6-3)70-64(67)58-55-52-49-47-45-42-21-19-17-14-11-8-5-2/h7-8,10-11,16-19,22-23,25-26,28-29,42,45,61H,4-6,9,12-15,20-21,24,27,30-41,43-44,46-60H2,1-3H3/b10-7-,11-8-,18-16-,19-17-,23-22-,26-25-,29-28-,45-42-. The van der Waals surface area contributed by atoms with Crippen LogP contribution < -0.4 is 0 Å². The van der Waals surface area contributed by atoms with E-state index in [1.54, 1.807) is 0 Å². The number of allylic oxidation sites excluding steroid dienone is 16. The summed E-state index contributed by atoms with van der Waals surface area (Å²) in [4.78, 5) is 37.8. The van der Waals surface area contributed by atoms with E-state index >= 15 is 0 Å². The summed E-state index contributed by atoms with van der Waals surface area (Å²) < 4.78 is 16.7. The van der Waals surface area contributed by atoms with Gasteiger partial charge in [-0.05, 0) is 96.3 Å². The Bertz CT molecular complexity index is 1400. The zero-order valence-corrected chi connectivity index (χ0v) is 45.8. The lowest BCUT2D eigenvalue weighted by molar-refractivity contribution is -0.167. The lowest BCUT2D eigenvalue weighted by atomic mass is 10.0. The van der Waals surface area contributed by atoms with Crippen LogP contribution in [0, 0.1) is 0 Å². The molecule has 0 N–H and O–H groups in total. The Morgan fingerprint density at radius 1 is 0.300 bits per heavy atom. The van der Waals surface area contributed by atoms with Crippen LogP contribution in [-0.4, -0.2) is 37.2 Å². The van der Waals surface area contributed by atoms with E-state index in [1.165, 1.54) is 116 Å². The van der Waals surface area contributed by atoms with Gasteiger partial charge in [-0.15, -0.1) is 0 Å². The van der Waals surface area contributed by atoms with Crippen molar-refractivity contribution in [1.82, 2.24) is 0 Å². The number of rotatable bonds is 52. The summed E-state index contributed by atoms with van der Waals surface area (Å²) in [6, 6.07) is 0.